The SMILES string of the molecule is Cc1[nH]c2cccc3c2c1CCNC3. The normalized spacial score (nSPS) is 15.8. The fraction of sp³-hybridized carbons (Fsp3) is 0.333. The highest BCUT2D eigenvalue weighted by Gasteiger charge is 2.13. The second kappa shape index (κ2) is 2.85. The monoisotopic (exact) mass is 186 g/mol. The number of aromatic amines is 1. The summed E-state index contributed by atoms with van der Waals surface area (Å²) >= 11 is 0. The van der Waals surface area contributed by atoms with E-state index in [1.807, 2.05) is 0 Å². The highest BCUT2D eigenvalue weighted by molar-refractivity contribution is 5.88. The topological polar surface area (TPSA) is 27.8 Å². The first-order valence-electron chi connectivity index (χ1n) is 5.16. The molecule has 14 heavy (non-hydrogen) atoms. The van der Waals surface area contributed by atoms with Gasteiger partial charge in [-0.1, -0.05) is 12.1 Å². The molecule has 0 aliphatic carbocycles. The first-order chi connectivity index (χ1) is 6.86. The standard InChI is InChI=1S/C12H14N2/c1-8-10-5-6-13-7-9-3-2-4-11(14-8)12(9)10/h2-4,13-14H,5-7H2,1H3. The second-order valence-corrected chi connectivity index (χ2v) is 4.00. The van der Waals surface area contributed by atoms with Gasteiger partial charge in [-0.05, 0) is 37.1 Å². The van der Waals surface area contributed by atoms with E-state index in [4.69, 9.17) is 0 Å². The number of rotatable bonds is 0. The van der Waals surface area contributed by atoms with Crippen molar-refractivity contribution < 1.29 is 0 Å². The molecule has 2 N–H and O–H groups in total. The fourth-order valence-electron chi connectivity index (χ4n) is 2.42. The third kappa shape index (κ3) is 1.01. The van der Waals surface area contributed by atoms with E-state index in [0.29, 0.717) is 0 Å². The molecule has 1 aromatic carbocycles. The van der Waals surface area contributed by atoms with Gasteiger partial charge in [0.05, 0.1) is 0 Å². The first kappa shape index (κ1) is 8.06. The highest BCUT2D eigenvalue weighted by atomic mass is 14.9. The van der Waals surface area contributed by atoms with Gasteiger partial charge in [-0.15, -0.1) is 0 Å². The van der Waals surface area contributed by atoms with E-state index in [2.05, 4.69) is 35.4 Å². The van der Waals surface area contributed by atoms with Gasteiger partial charge in [0.2, 0.25) is 0 Å². The van der Waals surface area contributed by atoms with Crippen LogP contribution in [0.4, 0.5) is 0 Å². The summed E-state index contributed by atoms with van der Waals surface area (Å²) in [6, 6.07) is 6.52. The van der Waals surface area contributed by atoms with E-state index in [1.165, 1.54) is 27.7 Å². The molecule has 0 spiro atoms. The van der Waals surface area contributed by atoms with E-state index >= 15 is 0 Å². The Bertz CT molecular complexity index is 482. The average molecular weight is 186 g/mol. The number of H-pyrrole nitrogens is 1. The van der Waals surface area contributed by atoms with Crippen LogP contribution in [-0.4, -0.2) is 11.5 Å². The quantitative estimate of drug-likeness (QED) is 0.648. The maximum atomic E-state index is 3.46. The molecule has 0 atom stereocenters. The fourth-order valence-corrected chi connectivity index (χ4v) is 2.42. The summed E-state index contributed by atoms with van der Waals surface area (Å²) in [6.07, 6.45) is 1.14. The van der Waals surface area contributed by atoms with Crippen molar-refractivity contribution in [2.24, 2.45) is 0 Å². The molecule has 0 unspecified atom stereocenters. The lowest BCUT2D eigenvalue weighted by atomic mass is 10.0. The molecular formula is C12H14N2. The van der Waals surface area contributed by atoms with E-state index in [-0.39, 0.29) is 0 Å². The lowest BCUT2D eigenvalue weighted by Gasteiger charge is -2.00. The van der Waals surface area contributed by atoms with Crippen LogP contribution in [0.25, 0.3) is 10.9 Å². The molecule has 1 aliphatic rings. The molecular weight excluding hydrogens is 172 g/mol. The predicted molar refractivity (Wildman–Crippen MR) is 58.4 cm³/mol. The number of aryl methyl sites for hydroxylation is 1. The van der Waals surface area contributed by atoms with Crippen molar-refractivity contribution in [3.63, 3.8) is 0 Å². The predicted octanol–water partition coefficient (Wildman–Crippen LogP) is 2.12. The van der Waals surface area contributed by atoms with Crippen LogP contribution in [0.3, 0.4) is 0 Å². The Balaban J connectivity index is 2.42. The van der Waals surface area contributed by atoms with Crippen LogP contribution < -0.4 is 5.32 Å². The molecule has 1 aliphatic heterocycles. The van der Waals surface area contributed by atoms with Gasteiger partial charge in [0.25, 0.3) is 0 Å². The van der Waals surface area contributed by atoms with Gasteiger partial charge >= 0.3 is 0 Å². The molecule has 0 saturated carbocycles. The second-order valence-electron chi connectivity index (χ2n) is 4.00. The highest BCUT2D eigenvalue weighted by Crippen LogP contribution is 2.27. The Kier molecular flexibility index (Phi) is 1.64. The van der Waals surface area contributed by atoms with E-state index in [9.17, 15) is 0 Å². The van der Waals surface area contributed by atoms with Crippen LogP contribution in [-0.2, 0) is 13.0 Å². The smallest absolute Gasteiger partial charge is 0.0462 e. The Morgan fingerprint density at radius 2 is 2.21 bits per heavy atom. The minimum atomic E-state index is 1.00. The van der Waals surface area contributed by atoms with Crippen molar-refractivity contribution in [2.45, 2.75) is 19.9 Å². The zero-order valence-corrected chi connectivity index (χ0v) is 8.35. The molecule has 1 aromatic heterocycles. The van der Waals surface area contributed by atoms with Gasteiger partial charge < -0.3 is 10.3 Å². The summed E-state index contributed by atoms with van der Waals surface area (Å²) in [6.45, 7) is 4.26. The van der Waals surface area contributed by atoms with Gasteiger partial charge in [-0.2, -0.15) is 0 Å². The summed E-state index contributed by atoms with van der Waals surface area (Å²) in [5, 5.41) is 4.91. The summed E-state index contributed by atoms with van der Waals surface area (Å²) < 4.78 is 0. The molecule has 0 radical (unpaired) electrons. The molecule has 72 valence electrons. The molecule has 2 heteroatoms. The molecule has 2 nitrogen and oxygen atoms in total. The van der Waals surface area contributed by atoms with Crippen LogP contribution in [0.15, 0.2) is 18.2 Å². The number of hydrogen-bond donors (Lipinski definition) is 2. The van der Waals surface area contributed by atoms with Crippen molar-refractivity contribution in [1.29, 1.82) is 0 Å². The van der Waals surface area contributed by atoms with Crippen LogP contribution in [0.2, 0.25) is 0 Å². The largest absolute Gasteiger partial charge is 0.358 e. The van der Waals surface area contributed by atoms with Crippen molar-refractivity contribution in [2.75, 3.05) is 6.54 Å². The minimum Gasteiger partial charge on any atom is -0.358 e. The van der Waals surface area contributed by atoms with E-state index in [0.717, 1.165) is 19.5 Å². The van der Waals surface area contributed by atoms with E-state index < -0.39 is 0 Å². The van der Waals surface area contributed by atoms with Crippen molar-refractivity contribution in [3.8, 4) is 0 Å². The Hall–Kier alpha value is -1.28. The Morgan fingerprint density at radius 3 is 3.14 bits per heavy atom. The van der Waals surface area contributed by atoms with Crippen LogP contribution in [0, 0.1) is 6.92 Å². The lowest BCUT2D eigenvalue weighted by Crippen LogP contribution is -2.14. The summed E-state index contributed by atoms with van der Waals surface area (Å²) in [5.41, 5.74) is 5.55. The van der Waals surface area contributed by atoms with Gasteiger partial charge in [-0.3, -0.25) is 0 Å². The van der Waals surface area contributed by atoms with Crippen molar-refractivity contribution >= 4 is 10.9 Å². The molecule has 2 heterocycles. The average Bonchev–Trinajstić information content (AvgIpc) is 2.39. The van der Waals surface area contributed by atoms with Crippen molar-refractivity contribution in [3.05, 3.63) is 35.0 Å². The molecule has 0 amide bonds. The Labute approximate surface area is 83.3 Å². The number of hydrogen-bond acceptors (Lipinski definition) is 1. The van der Waals surface area contributed by atoms with Crippen LogP contribution >= 0.6 is 0 Å². The number of nitrogens with one attached hydrogen (secondary N) is 2. The number of benzene rings is 1. The lowest BCUT2D eigenvalue weighted by molar-refractivity contribution is 0.700. The van der Waals surface area contributed by atoms with Crippen LogP contribution in [0.5, 0.6) is 0 Å². The van der Waals surface area contributed by atoms with Gasteiger partial charge in [-0.25, -0.2) is 0 Å². The van der Waals surface area contributed by atoms with Crippen LogP contribution in [0.1, 0.15) is 16.8 Å². The summed E-state index contributed by atoms with van der Waals surface area (Å²) in [4.78, 5) is 3.46. The third-order valence-corrected chi connectivity index (χ3v) is 3.09. The molecule has 0 bridgehead atoms. The molecule has 0 fully saturated rings. The molecule has 0 saturated heterocycles. The first-order valence-corrected chi connectivity index (χ1v) is 5.16. The summed E-state index contributed by atoms with van der Waals surface area (Å²) in [7, 11) is 0. The minimum absolute atomic E-state index is 1.00. The maximum absolute atomic E-state index is 3.46. The van der Waals surface area contributed by atoms with E-state index in [1.54, 1.807) is 0 Å². The zero-order valence-electron chi connectivity index (χ0n) is 8.35. The number of aromatic nitrogens is 1. The Morgan fingerprint density at radius 1 is 1.29 bits per heavy atom. The van der Waals surface area contributed by atoms with Gasteiger partial charge in [0.1, 0.15) is 0 Å². The van der Waals surface area contributed by atoms with Crippen molar-refractivity contribution in [1.82, 2.24) is 10.3 Å². The molecule has 3 rings (SSSR count). The van der Waals surface area contributed by atoms with Gasteiger partial charge in [0, 0.05) is 23.1 Å². The van der Waals surface area contributed by atoms with Gasteiger partial charge in [0.15, 0.2) is 0 Å². The molecule has 2 aromatic rings. The maximum Gasteiger partial charge on any atom is 0.0462 e. The third-order valence-electron chi connectivity index (χ3n) is 3.09. The zero-order chi connectivity index (χ0) is 9.54. The summed E-state index contributed by atoms with van der Waals surface area (Å²) in [5.74, 6) is 0.